The summed E-state index contributed by atoms with van der Waals surface area (Å²) in [5.74, 6) is 6.44. The van der Waals surface area contributed by atoms with Gasteiger partial charge in [0, 0.05) is 11.9 Å². The van der Waals surface area contributed by atoms with Gasteiger partial charge in [0.15, 0.2) is 0 Å². The van der Waals surface area contributed by atoms with Crippen LogP contribution in [-0.2, 0) is 4.74 Å². The largest absolute Gasteiger partial charge is 0.481 e. The molecule has 2 aromatic rings. The first-order chi connectivity index (χ1) is 9.78. The molecule has 6 nitrogen and oxygen atoms in total. The maximum absolute atomic E-state index is 11.0. The van der Waals surface area contributed by atoms with E-state index >= 15 is 0 Å². The number of aromatic nitrogens is 2. The molecule has 0 spiro atoms. The number of methoxy groups -OCH3 is 1. The Morgan fingerprint density at radius 2 is 2.20 bits per heavy atom. The Labute approximate surface area is 116 Å². The SMILES string of the molecule is COC(=O)Nc1ccc(OCC#Cc2cn[nH]c2)cc1. The van der Waals surface area contributed by atoms with Crippen molar-refractivity contribution in [3.05, 3.63) is 42.2 Å². The van der Waals surface area contributed by atoms with E-state index in [1.807, 2.05) is 0 Å². The molecular weight excluding hydrogens is 258 g/mol. The lowest BCUT2D eigenvalue weighted by Gasteiger charge is -2.05. The molecule has 0 radical (unpaired) electrons. The van der Waals surface area contributed by atoms with Crippen LogP contribution in [0.25, 0.3) is 0 Å². The van der Waals surface area contributed by atoms with Crippen molar-refractivity contribution in [3.63, 3.8) is 0 Å². The van der Waals surface area contributed by atoms with Gasteiger partial charge in [0.25, 0.3) is 0 Å². The zero-order valence-corrected chi connectivity index (χ0v) is 10.8. The van der Waals surface area contributed by atoms with E-state index in [1.54, 1.807) is 36.7 Å². The molecule has 1 amide bonds. The van der Waals surface area contributed by atoms with Crippen molar-refractivity contribution in [2.45, 2.75) is 0 Å². The first-order valence-corrected chi connectivity index (χ1v) is 5.83. The number of carbonyl (C=O) groups excluding carboxylic acids is 1. The topological polar surface area (TPSA) is 76.2 Å². The third-order valence-electron chi connectivity index (χ3n) is 2.33. The summed E-state index contributed by atoms with van der Waals surface area (Å²) < 4.78 is 9.93. The van der Waals surface area contributed by atoms with E-state index in [0.29, 0.717) is 11.4 Å². The molecule has 2 N–H and O–H groups in total. The molecule has 1 aromatic carbocycles. The fourth-order valence-corrected chi connectivity index (χ4v) is 1.38. The lowest BCUT2D eigenvalue weighted by molar-refractivity contribution is 0.187. The summed E-state index contributed by atoms with van der Waals surface area (Å²) in [6, 6.07) is 6.92. The van der Waals surface area contributed by atoms with Crippen molar-refractivity contribution >= 4 is 11.8 Å². The molecule has 102 valence electrons. The average molecular weight is 271 g/mol. The fraction of sp³-hybridized carbons (Fsp3) is 0.143. The van der Waals surface area contributed by atoms with E-state index in [9.17, 15) is 4.79 Å². The lowest BCUT2D eigenvalue weighted by Crippen LogP contribution is -2.10. The number of anilines is 1. The van der Waals surface area contributed by atoms with Gasteiger partial charge in [-0.05, 0) is 24.3 Å². The van der Waals surface area contributed by atoms with E-state index < -0.39 is 6.09 Å². The van der Waals surface area contributed by atoms with E-state index in [0.717, 1.165) is 5.56 Å². The lowest BCUT2D eigenvalue weighted by atomic mass is 10.3. The number of aromatic amines is 1. The van der Waals surface area contributed by atoms with Crippen molar-refractivity contribution in [1.82, 2.24) is 10.2 Å². The monoisotopic (exact) mass is 271 g/mol. The Morgan fingerprint density at radius 3 is 2.85 bits per heavy atom. The molecule has 1 heterocycles. The minimum absolute atomic E-state index is 0.273. The first kappa shape index (κ1) is 13.5. The van der Waals surface area contributed by atoms with Crippen molar-refractivity contribution in [2.75, 3.05) is 19.0 Å². The number of hydrogen-bond donors (Lipinski definition) is 2. The van der Waals surface area contributed by atoms with Crippen molar-refractivity contribution < 1.29 is 14.3 Å². The zero-order chi connectivity index (χ0) is 14.2. The Hall–Kier alpha value is -2.94. The van der Waals surface area contributed by atoms with E-state index in [1.165, 1.54) is 7.11 Å². The molecule has 0 aliphatic heterocycles. The molecule has 0 fully saturated rings. The molecule has 6 heteroatoms. The van der Waals surface area contributed by atoms with Crippen molar-refractivity contribution in [1.29, 1.82) is 0 Å². The molecule has 20 heavy (non-hydrogen) atoms. The molecule has 0 aliphatic rings. The third kappa shape index (κ3) is 4.07. The highest BCUT2D eigenvalue weighted by Crippen LogP contribution is 2.15. The number of amides is 1. The van der Waals surface area contributed by atoms with Crippen LogP contribution < -0.4 is 10.1 Å². The summed E-state index contributed by atoms with van der Waals surface area (Å²) in [6.07, 6.45) is 2.84. The Kier molecular flexibility index (Phi) is 4.62. The first-order valence-electron chi connectivity index (χ1n) is 5.83. The van der Waals surface area contributed by atoms with Gasteiger partial charge >= 0.3 is 6.09 Å². The van der Waals surface area contributed by atoms with Gasteiger partial charge in [-0.3, -0.25) is 10.4 Å². The van der Waals surface area contributed by atoms with Crippen LogP contribution in [0.5, 0.6) is 5.75 Å². The normalized spacial score (nSPS) is 9.25. The molecule has 0 saturated heterocycles. The van der Waals surface area contributed by atoms with Crippen molar-refractivity contribution in [2.24, 2.45) is 0 Å². The van der Waals surface area contributed by atoms with Crippen LogP contribution in [0.2, 0.25) is 0 Å². The number of rotatable bonds is 3. The van der Waals surface area contributed by atoms with Crippen LogP contribution >= 0.6 is 0 Å². The average Bonchev–Trinajstić information content (AvgIpc) is 2.98. The summed E-state index contributed by atoms with van der Waals surface area (Å²) in [5.41, 5.74) is 1.44. The number of ether oxygens (including phenoxy) is 2. The van der Waals surface area contributed by atoms with E-state index in [2.05, 4.69) is 32.1 Å². The summed E-state index contributed by atoms with van der Waals surface area (Å²) in [6.45, 7) is 0.273. The van der Waals surface area contributed by atoms with Crippen molar-refractivity contribution in [3.8, 4) is 17.6 Å². The van der Waals surface area contributed by atoms with Gasteiger partial charge in [-0.2, -0.15) is 5.10 Å². The van der Waals surface area contributed by atoms with Gasteiger partial charge in [-0.25, -0.2) is 4.79 Å². The molecule has 2 rings (SSSR count). The fourth-order valence-electron chi connectivity index (χ4n) is 1.38. The molecule has 0 unspecified atom stereocenters. The van der Waals surface area contributed by atoms with Crippen LogP contribution in [0.4, 0.5) is 10.5 Å². The molecular formula is C14H13N3O3. The minimum atomic E-state index is -0.510. The van der Waals surface area contributed by atoms with Crippen LogP contribution in [-0.4, -0.2) is 30.0 Å². The van der Waals surface area contributed by atoms with E-state index in [-0.39, 0.29) is 6.61 Å². The highest BCUT2D eigenvalue weighted by Gasteiger charge is 2.00. The van der Waals surface area contributed by atoms with E-state index in [4.69, 9.17) is 4.74 Å². The van der Waals surface area contributed by atoms with Gasteiger partial charge in [-0.15, -0.1) is 0 Å². The molecule has 1 aromatic heterocycles. The number of carbonyl (C=O) groups is 1. The van der Waals surface area contributed by atoms with Gasteiger partial charge < -0.3 is 9.47 Å². The van der Waals surface area contributed by atoms with Gasteiger partial charge in [-0.1, -0.05) is 11.8 Å². The number of nitrogens with zero attached hydrogens (tertiary/aromatic N) is 1. The van der Waals surface area contributed by atoms with Crippen LogP contribution in [0.3, 0.4) is 0 Å². The molecule has 0 bridgehead atoms. The summed E-state index contributed by atoms with van der Waals surface area (Å²) in [7, 11) is 1.31. The quantitative estimate of drug-likeness (QED) is 0.837. The highest BCUT2D eigenvalue weighted by atomic mass is 16.5. The number of hydrogen-bond acceptors (Lipinski definition) is 4. The Balaban J connectivity index is 1.83. The summed E-state index contributed by atoms with van der Waals surface area (Å²) in [4.78, 5) is 11.0. The summed E-state index contributed by atoms with van der Waals surface area (Å²) in [5, 5.41) is 9.01. The van der Waals surface area contributed by atoms with Gasteiger partial charge in [0.05, 0.1) is 18.9 Å². The molecule has 0 atom stereocenters. The molecule has 0 aliphatic carbocycles. The number of nitrogens with one attached hydrogen (secondary N) is 2. The second kappa shape index (κ2) is 6.85. The molecule has 0 saturated carbocycles. The van der Waals surface area contributed by atoms with Crippen LogP contribution in [0.15, 0.2) is 36.7 Å². The minimum Gasteiger partial charge on any atom is -0.481 e. The Morgan fingerprint density at radius 1 is 1.40 bits per heavy atom. The second-order valence-corrected chi connectivity index (χ2v) is 3.72. The maximum atomic E-state index is 11.0. The second-order valence-electron chi connectivity index (χ2n) is 3.72. The standard InChI is InChI=1S/C14H13N3O3/c1-19-14(18)17-12-4-6-13(7-5-12)20-8-2-3-11-9-15-16-10-11/h4-7,9-10H,8H2,1H3,(H,15,16)(H,17,18). The summed E-state index contributed by atoms with van der Waals surface area (Å²) >= 11 is 0. The number of H-pyrrole nitrogens is 1. The van der Waals surface area contributed by atoms with Crippen LogP contribution in [0.1, 0.15) is 5.56 Å². The van der Waals surface area contributed by atoms with Crippen LogP contribution in [0, 0.1) is 11.8 Å². The zero-order valence-electron chi connectivity index (χ0n) is 10.8. The maximum Gasteiger partial charge on any atom is 0.411 e. The predicted molar refractivity (Wildman–Crippen MR) is 73.4 cm³/mol. The van der Waals surface area contributed by atoms with Gasteiger partial charge in [0.1, 0.15) is 12.4 Å². The predicted octanol–water partition coefficient (Wildman–Crippen LogP) is 2.02. The van der Waals surface area contributed by atoms with Gasteiger partial charge in [0.2, 0.25) is 0 Å². The smallest absolute Gasteiger partial charge is 0.411 e. The number of benzene rings is 1. The third-order valence-corrected chi connectivity index (χ3v) is 2.33. The Bertz CT molecular complexity index is 609. The highest BCUT2D eigenvalue weighted by molar-refractivity contribution is 5.84.